The summed E-state index contributed by atoms with van der Waals surface area (Å²) in [5.41, 5.74) is 2.10. The Morgan fingerprint density at radius 1 is 1.38 bits per heavy atom. The average Bonchev–Trinajstić information content (AvgIpc) is 2.44. The second-order valence-electron chi connectivity index (χ2n) is 6.38. The van der Waals surface area contributed by atoms with Crippen molar-refractivity contribution in [3.63, 3.8) is 0 Å². The molecule has 0 saturated carbocycles. The van der Waals surface area contributed by atoms with Gasteiger partial charge in [0.05, 0.1) is 19.9 Å². The van der Waals surface area contributed by atoms with Crippen molar-refractivity contribution in [2.75, 3.05) is 19.1 Å². The maximum atomic E-state index is 12.1. The van der Waals surface area contributed by atoms with Crippen LogP contribution in [0.4, 0.5) is 5.69 Å². The van der Waals surface area contributed by atoms with E-state index < -0.39 is 0 Å². The van der Waals surface area contributed by atoms with Crippen LogP contribution >= 0.6 is 0 Å². The minimum atomic E-state index is -0.354. The smallest absolute Gasteiger partial charge is 0.328 e. The maximum Gasteiger partial charge on any atom is 0.328 e. The number of anilines is 1. The molecule has 1 aromatic rings. The van der Waals surface area contributed by atoms with E-state index >= 15 is 0 Å². The van der Waals surface area contributed by atoms with Crippen LogP contribution in [-0.2, 0) is 9.53 Å². The van der Waals surface area contributed by atoms with Gasteiger partial charge in [0.1, 0.15) is 11.8 Å². The van der Waals surface area contributed by atoms with Crippen molar-refractivity contribution >= 4 is 11.7 Å². The van der Waals surface area contributed by atoms with E-state index in [0.717, 1.165) is 17.9 Å². The van der Waals surface area contributed by atoms with Crippen LogP contribution in [0.15, 0.2) is 18.2 Å². The quantitative estimate of drug-likeness (QED) is 0.801. The zero-order chi connectivity index (χ0) is 15.8. The molecule has 0 radical (unpaired) electrons. The van der Waals surface area contributed by atoms with Gasteiger partial charge in [-0.1, -0.05) is 19.1 Å². The van der Waals surface area contributed by atoms with E-state index in [9.17, 15) is 4.79 Å². The molecule has 0 amide bonds. The minimum absolute atomic E-state index is 0.144. The first-order valence-corrected chi connectivity index (χ1v) is 7.37. The molecule has 0 saturated heterocycles. The Morgan fingerprint density at radius 2 is 2.05 bits per heavy atom. The van der Waals surface area contributed by atoms with E-state index in [-0.39, 0.29) is 17.6 Å². The van der Waals surface area contributed by atoms with Crippen molar-refractivity contribution in [1.82, 2.24) is 0 Å². The van der Waals surface area contributed by atoms with Gasteiger partial charge in [-0.05, 0) is 44.7 Å². The lowest BCUT2D eigenvalue weighted by Gasteiger charge is -2.49. The molecule has 0 bridgehead atoms. The fourth-order valence-electron chi connectivity index (χ4n) is 3.61. The van der Waals surface area contributed by atoms with Crippen LogP contribution in [-0.4, -0.2) is 31.8 Å². The molecule has 0 spiro atoms. The number of hydrogen-bond acceptors (Lipinski definition) is 4. The minimum Gasteiger partial charge on any atom is -0.495 e. The third kappa shape index (κ3) is 2.59. The van der Waals surface area contributed by atoms with Crippen LogP contribution in [0.1, 0.15) is 45.6 Å². The number of esters is 1. The molecule has 0 aromatic heterocycles. The van der Waals surface area contributed by atoms with Gasteiger partial charge in [0.15, 0.2) is 0 Å². The van der Waals surface area contributed by atoms with Crippen LogP contribution < -0.4 is 9.64 Å². The predicted molar refractivity (Wildman–Crippen MR) is 84.1 cm³/mol. The molecule has 0 N–H and O–H groups in total. The van der Waals surface area contributed by atoms with Crippen molar-refractivity contribution in [3.8, 4) is 5.75 Å². The third-order valence-electron chi connectivity index (χ3n) is 4.41. The van der Waals surface area contributed by atoms with Crippen molar-refractivity contribution in [2.24, 2.45) is 0 Å². The molecule has 2 atom stereocenters. The lowest BCUT2D eigenvalue weighted by molar-refractivity contribution is -0.142. The van der Waals surface area contributed by atoms with Gasteiger partial charge in [-0.25, -0.2) is 4.79 Å². The Balaban J connectivity index is 2.63. The highest BCUT2D eigenvalue weighted by Gasteiger charge is 2.42. The first kappa shape index (κ1) is 15.7. The van der Waals surface area contributed by atoms with Crippen LogP contribution in [0.2, 0.25) is 0 Å². The largest absolute Gasteiger partial charge is 0.495 e. The zero-order valence-corrected chi connectivity index (χ0v) is 13.8. The first-order chi connectivity index (χ1) is 9.83. The summed E-state index contributed by atoms with van der Waals surface area (Å²) in [6.45, 7) is 8.44. The average molecular weight is 291 g/mol. The Bertz CT molecular complexity index is 539. The summed E-state index contributed by atoms with van der Waals surface area (Å²) in [6, 6.07) is 5.72. The number of methoxy groups -OCH3 is 2. The Kier molecular flexibility index (Phi) is 4.17. The van der Waals surface area contributed by atoms with E-state index in [1.807, 2.05) is 19.1 Å². The molecular weight excluding hydrogens is 266 g/mol. The number of fused-ring (bicyclic) bond motifs is 1. The molecule has 116 valence electrons. The summed E-state index contributed by atoms with van der Waals surface area (Å²) < 4.78 is 10.5. The maximum absolute atomic E-state index is 12.1. The Hall–Kier alpha value is -1.71. The summed E-state index contributed by atoms with van der Waals surface area (Å²) in [7, 11) is 3.10. The van der Waals surface area contributed by atoms with Gasteiger partial charge in [0.2, 0.25) is 0 Å². The normalized spacial score (nSPS) is 21.4. The highest BCUT2D eigenvalue weighted by atomic mass is 16.5. The molecule has 4 heteroatoms. The lowest BCUT2D eigenvalue weighted by atomic mass is 9.79. The SMILES string of the molecule is COC(=O)[C@@H](C)N1c2c(OC)cccc2[C@@H](C)CC1(C)C. The number of ether oxygens (including phenoxy) is 2. The Morgan fingerprint density at radius 3 is 2.62 bits per heavy atom. The molecule has 1 heterocycles. The standard InChI is InChI=1S/C17H25NO3/c1-11-10-17(3,4)18(12(2)16(19)21-6)15-13(11)8-7-9-14(15)20-5/h7-9,11-12H,10H2,1-6H3/t11-,12+/m0/s1. The number of nitrogens with zero attached hydrogens (tertiary/aromatic N) is 1. The summed E-state index contributed by atoms with van der Waals surface area (Å²) >= 11 is 0. The second-order valence-corrected chi connectivity index (χ2v) is 6.38. The van der Waals surface area contributed by atoms with E-state index in [1.165, 1.54) is 12.7 Å². The monoisotopic (exact) mass is 291 g/mol. The van der Waals surface area contributed by atoms with E-state index in [2.05, 4.69) is 31.7 Å². The summed E-state index contributed by atoms with van der Waals surface area (Å²) in [5.74, 6) is 1.00. The first-order valence-electron chi connectivity index (χ1n) is 7.37. The molecular formula is C17H25NO3. The van der Waals surface area contributed by atoms with Gasteiger partial charge < -0.3 is 14.4 Å². The molecule has 1 aliphatic rings. The van der Waals surface area contributed by atoms with Crippen molar-refractivity contribution in [3.05, 3.63) is 23.8 Å². The third-order valence-corrected chi connectivity index (χ3v) is 4.41. The van der Waals surface area contributed by atoms with Crippen molar-refractivity contribution < 1.29 is 14.3 Å². The number of benzene rings is 1. The summed E-state index contributed by atoms with van der Waals surface area (Å²) in [5, 5.41) is 0. The number of carbonyl (C=O) groups excluding carboxylic acids is 1. The fraction of sp³-hybridized carbons (Fsp3) is 0.588. The molecule has 21 heavy (non-hydrogen) atoms. The van der Waals surface area contributed by atoms with Crippen LogP contribution in [0, 0.1) is 0 Å². The highest BCUT2D eigenvalue weighted by Crippen LogP contribution is 2.48. The number of carbonyl (C=O) groups is 1. The van der Waals surface area contributed by atoms with Gasteiger partial charge in [-0.3, -0.25) is 0 Å². The lowest BCUT2D eigenvalue weighted by Crippen LogP contribution is -2.55. The van der Waals surface area contributed by atoms with E-state index in [4.69, 9.17) is 9.47 Å². The van der Waals surface area contributed by atoms with Gasteiger partial charge in [0.25, 0.3) is 0 Å². The van der Waals surface area contributed by atoms with Gasteiger partial charge >= 0.3 is 5.97 Å². The van der Waals surface area contributed by atoms with Crippen LogP contribution in [0.5, 0.6) is 5.75 Å². The van der Waals surface area contributed by atoms with Crippen molar-refractivity contribution in [2.45, 2.75) is 51.6 Å². The molecule has 0 unspecified atom stereocenters. The van der Waals surface area contributed by atoms with E-state index in [1.54, 1.807) is 7.11 Å². The Labute approximate surface area is 127 Å². The molecule has 0 aliphatic carbocycles. The van der Waals surface area contributed by atoms with Gasteiger partial charge in [-0.2, -0.15) is 0 Å². The van der Waals surface area contributed by atoms with Gasteiger partial charge in [-0.15, -0.1) is 0 Å². The highest BCUT2D eigenvalue weighted by molar-refractivity contribution is 5.83. The molecule has 0 fully saturated rings. The molecule has 2 rings (SSSR count). The topological polar surface area (TPSA) is 38.8 Å². The van der Waals surface area contributed by atoms with Crippen molar-refractivity contribution in [1.29, 1.82) is 0 Å². The second kappa shape index (κ2) is 5.58. The molecule has 1 aliphatic heterocycles. The molecule has 1 aromatic carbocycles. The fourth-order valence-corrected chi connectivity index (χ4v) is 3.61. The summed E-state index contributed by atoms with van der Waals surface area (Å²) in [6.07, 6.45) is 0.981. The van der Waals surface area contributed by atoms with Crippen LogP contribution in [0.25, 0.3) is 0 Å². The number of hydrogen-bond donors (Lipinski definition) is 0. The number of rotatable bonds is 3. The number of para-hydroxylation sites is 1. The summed E-state index contributed by atoms with van der Waals surface area (Å²) in [4.78, 5) is 14.2. The predicted octanol–water partition coefficient (Wildman–Crippen LogP) is 3.35. The van der Waals surface area contributed by atoms with Gasteiger partial charge in [0, 0.05) is 5.54 Å². The van der Waals surface area contributed by atoms with Crippen LogP contribution in [0.3, 0.4) is 0 Å². The zero-order valence-electron chi connectivity index (χ0n) is 13.8. The van der Waals surface area contributed by atoms with E-state index in [0.29, 0.717) is 5.92 Å². The molecule has 4 nitrogen and oxygen atoms in total.